The number of fused-ring (bicyclic) bond motifs is 1. The Balaban J connectivity index is 1.96. The molecule has 0 aliphatic rings. The van der Waals surface area contributed by atoms with Gasteiger partial charge in [-0.25, -0.2) is 9.97 Å². The van der Waals surface area contributed by atoms with E-state index in [0.29, 0.717) is 28.0 Å². The highest BCUT2D eigenvalue weighted by molar-refractivity contribution is 5.84. The maximum Gasteiger partial charge on any atom is 0.267 e. The Morgan fingerprint density at radius 3 is 2.59 bits per heavy atom. The molecule has 0 spiro atoms. The zero-order valence-corrected chi connectivity index (χ0v) is 17.5. The first-order chi connectivity index (χ1) is 15.5. The minimum Gasteiger partial charge on any atom is -0.368 e. The molecule has 1 unspecified atom stereocenters. The van der Waals surface area contributed by atoms with Gasteiger partial charge in [0.2, 0.25) is 5.95 Å². The van der Waals surface area contributed by atoms with Crippen LogP contribution in [0.15, 0.2) is 59.5 Å². The molecule has 0 saturated heterocycles. The number of nitrogen functional groups attached to an aromatic ring is 1. The molecule has 0 saturated carbocycles. The Bertz CT molecular complexity index is 1470. The van der Waals surface area contributed by atoms with Crippen LogP contribution in [-0.2, 0) is 0 Å². The van der Waals surface area contributed by atoms with E-state index in [-0.39, 0.29) is 22.9 Å². The predicted octanol–water partition coefficient (Wildman–Crippen LogP) is 3.17. The molecule has 0 aliphatic carbocycles. The largest absolute Gasteiger partial charge is 0.368 e. The molecule has 3 N–H and O–H groups in total. The van der Waals surface area contributed by atoms with Gasteiger partial charge in [0.15, 0.2) is 0 Å². The van der Waals surface area contributed by atoms with Crippen LogP contribution >= 0.6 is 0 Å². The Labute approximate surface area is 184 Å². The van der Waals surface area contributed by atoms with Gasteiger partial charge in [0, 0.05) is 5.56 Å². The molecule has 32 heavy (non-hydrogen) atoms. The fourth-order valence-electron chi connectivity index (χ4n) is 3.46. The molecule has 156 valence electrons. The van der Waals surface area contributed by atoms with Crippen molar-refractivity contribution < 1.29 is 0 Å². The van der Waals surface area contributed by atoms with Crippen molar-refractivity contribution in [1.29, 1.82) is 5.26 Å². The summed E-state index contributed by atoms with van der Waals surface area (Å²) in [5.41, 5.74) is 7.53. The topological polar surface area (TPSA) is 123 Å². The van der Waals surface area contributed by atoms with E-state index in [9.17, 15) is 10.1 Å². The number of nitrogens with one attached hydrogen (secondary N) is 1. The summed E-state index contributed by atoms with van der Waals surface area (Å²) in [5.74, 6) is 6.61. The number of rotatable bonds is 4. The maximum atomic E-state index is 13.7. The van der Waals surface area contributed by atoms with Crippen molar-refractivity contribution >= 4 is 22.7 Å². The van der Waals surface area contributed by atoms with Crippen molar-refractivity contribution in [3.63, 3.8) is 0 Å². The van der Waals surface area contributed by atoms with Gasteiger partial charge in [-0.2, -0.15) is 10.2 Å². The van der Waals surface area contributed by atoms with Gasteiger partial charge >= 0.3 is 0 Å². The normalized spacial score (nSPS) is 11.3. The van der Waals surface area contributed by atoms with Crippen LogP contribution in [0, 0.1) is 23.2 Å². The molecule has 8 nitrogen and oxygen atoms in total. The van der Waals surface area contributed by atoms with Crippen molar-refractivity contribution in [1.82, 2.24) is 19.5 Å². The van der Waals surface area contributed by atoms with E-state index in [1.165, 1.54) is 6.20 Å². The highest BCUT2D eigenvalue weighted by Gasteiger charge is 2.20. The lowest BCUT2D eigenvalue weighted by atomic mass is 10.1. The van der Waals surface area contributed by atoms with Crippen molar-refractivity contribution in [3.8, 4) is 23.6 Å². The summed E-state index contributed by atoms with van der Waals surface area (Å²) in [6, 6.07) is 16.2. The van der Waals surface area contributed by atoms with E-state index >= 15 is 0 Å². The molecular weight excluding hydrogens is 402 g/mol. The first-order valence-electron chi connectivity index (χ1n) is 9.86. The van der Waals surface area contributed by atoms with Gasteiger partial charge in [-0.05, 0) is 38.1 Å². The van der Waals surface area contributed by atoms with Crippen LogP contribution < -0.4 is 16.6 Å². The average molecular weight is 421 g/mol. The van der Waals surface area contributed by atoms with Gasteiger partial charge in [0.1, 0.15) is 23.3 Å². The molecule has 0 radical (unpaired) electrons. The second kappa shape index (κ2) is 8.58. The summed E-state index contributed by atoms with van der Waals surface area (Å²) in [5, 5.41) is 13.0. The Hall–Kier alpha value is -4.69. The van der Waals surface area contributed by atoms with Crippen LogP contribution in [0.4, 0.5) is 11.8 Å². The Kier molecular flexibility index (Phi) is 5.52. The lowest BCUT2D eigenvalue weighted by Crippen LogP contribution is -2.28. The van der Waals surface area contributed by atoms with E-state index in [1.54, 1.807) is 17.6 Å². The molecular formula is C24H19N7O. The molecule has 0 aliphatic heterocycles. The van der Waals surface area contributed by atoms with E-state index in [1.807, 2.05) is 55.5 Å². The standard InChI is InChI=1S/C24H19N7O/c1-3-8-16-9-7-12-19-20(16)23(32)31(18-10-5-4-6-11-18)22(29-19)15(2)28-21-17(13-25)14-27-24(26)30-21/h4-7,9-12,14-15H,1-2H3,(H3,26,27,28,30). The smallest absolute Gasteiger partial charge is 0.267 e. The number of hydrogen-bond donors (Lipinski definition) is 2. The zero-order chi connectivity index (χ0) is 22.7. The van der Waals surface area contributed by atoms with Crippen LogP contribution in [0.3, 0.4) is 0 Å². The van der Waals surface area contributed by atoms with Gasteiger partial charge in [-0.3, -0.25) is 9.36 Å². The van der Waals surface area contributed by atoms with Gasteiger partial charge in [-0.15, -0.1) is 5.92 Å². The Morgan fingerprint density at radius 2 is 1.88 bits per heavy atom. The van der Waals surface area contributed by atoms with E-state index in [2.05, 4.69) is 27.1 Å². The molecule has 4 rings (SSSR count). The number of anilines is 2. The first-order valence-corrected chi connectivity index (χ1v) is 9.86. The third kappa shape index (κ3) is 3.73. The molecule has 2 aromatic heterocycles. The molecule has 0 fully saturated rings. The first kappa shape index (κ1) is 20.6. The summed E-state index contributed by atoms with van der Waals surface area (Å²) >= 11 is 0. The fraction of sp³-hybridized carbons (Fsp3) is 0.125. The molecule has 4 aromatic rings. The average Bonchev–Trinajstić information content (AvgIpc) is 2.80. The molecule has 2 heterocycles. The fourth-order valence-corrected chi connectivity index (χ4v) is 3.46. The van der Waals surface area contributed by atoms with Crippen molar-refractivity contribution in [2.45, 2.75) is 19.9 Å². The van der Waals surface area contributed by atoms with Crippen molar-refractivity contribution in [2.75, 3.05) is 11.1 Å². The summed E-state index contributed by atoms with van der Waals surface area (Å²) in [6.45, 7) is 3.56. The van der Waals surface area contributed by atoms with Crippen LogP contribution in [0.25, 0.3) is 16.6 Å². The van der Waals surface area contributed by atoms with Gasteiger partial charge in [0.25, 0.3) is 5.56 Å². The second-order valence-corrected chi connectivity index (χ2v) is 6.99. The van der Waals surface area contributed by atoms with Crippen molar-refractivity contribution in [2.24, 2.45) is 0 Å². The van der Waals surface area contributed by atoms with E-state index in [0.717, 1.165) is 0 Å². The number of nitriles is 1. The highest BCUT2D eigenvalue weighted by Crippen LogP contribution is 2.23. The molecule has 1 atom stereocenters. The van der Waals surface area contributed by atoms with E-state index < -0.39 is 6.04 Å². The lowest BCUT2D eigenvalue weighted by molar-refractivity contribution is 0.730. The quantitative estimate of drug-likeness (QED) is 0.485. The van der Waals surface area contributed by atoms with Crippen molar-refractivity contribution in [3.05, 3.63) is 82.0 Å². The number of aromatic nitrogens is 4. The number of nitrogens with zero attached hydrogens (tertiary/aromatic N) is 5. The minimum absolute atomic E-state index is 0.0356. The monoisotopic (exact) mass is 421 g/mol. The third-order valence-electron chi connectivity index (χ3n) is 4.87. The number of nitrogens with two attached hydrogens (primary N) is 1. The summed E-state index contributed by atoms with van der Waals surface area (Å²) < 4.78 is 1.55. The number of para-hydroxylation sites is 1. The van der Waals surface area contributed by atoms with Crippen LogP contribution in [0.5, 0.6) is 0 Å². The third-order valence-corrected chi connectivity index (χ3v) is 4.87. The molecule has 8 heteroatoms. The van der Waals surface area contributed by atoms with Crippen LogP contribution in [0.2, 0.25) is 0 Å². The zero-order valence-electron chi connectivity index (χ0n) is 17.5. The summed E-state index contributed by atoms with van der Waals surface area (Å²) in [7, 11) is 0. The highest BCUT2D eigenvalue weighted by atomic mass is 16.1. The molecule has 0 bridgehead atoms. The molecule has 0 amide bonds. The van der Waals surface area contributed by atoms with Gasteiger partial charge in [0.05, 0.1) is 28.8 Å². The number of benzene rings is 2. The lowest BCUT2D eigenvalue weighted by Gasteiger charge is -2.20. The van der Waals surface area contributed by atoms with Gasteiger partial charge in [-0.1, -0.05) is 30.2 Å². The minimum atomic E-state index is -0.491. The van der Waals surface area contributed by atoms with E-state index in [4.69, 9.17) is 10.7 Å². The predicted molar refractivity (Wildman–Crippen MR) is 123 cm³/mol. The summed E-state index contributed by atoms with van der Waals surface area (Å²) in [4.78, 5) is 26.5. The van der Waals surface area contributed by atoms with Gasteiger partial charge < -0.3 is 11.1 Å². The van der Waals surface area contributed by atoms with Crippen LogP contribution in [0.1, 0.15) is 36.8 Å². The van der Waals surface area contributed by atoms with Crippen LogP contribution in [-0.4, -0.2) is 19.5 Å². The summed E-state index contributed by atoms with van der Waals surface area (Å²) in [6.07, 6.45) is 1.35. The molecule has 2 aromatic carbocycles. The Morgan fingerprint density at radius 1 is 1.09 bits per heavy atom. The number of hydrogen-bond acceptors (Lipinski definition) is 7. The SMILES string of the molecule is CC#Cc1cccc2nc(C(C)Nc3nc(N)ncc3C#N)n(-c3ccccc3)c(=O)c12. The maximum absolute atomic E-state index is 13.7. The second-order valence-electron chi connectivity index (χ2n) is 6.99.